The van der Waals surface area contributed by atoms with Crippen molar-refractivity contribution in [2.75, 3.05) is 12.9 Å². The first-order valence-corrected chi connectivity index (χ1v) is 8.82. The molecular formula is C16H22N2O6S. The highest BCUT2D eigenvalue weighted by Gasteiger charge is 2.33. The second kappa shape index (κ2) is 9.26. The number of hydrogen-bond acceptors (Lipinski definition) is 6. The van der Waals surface area contributed by atoms with E-state index in [0.717, 1.165) is 0 Å². The fourth-order valence-corrected chi connectivity index (χ4v) is 3.07. The van der Waals surface area contributed by atoms with E-state index in [0.29, 0.717) is 24.2 Å². The van der Waals surface area contributed by atoms with E-state index in [1.54, 1.807) is 6.07 Å². The lowest BCUT2D eigenvalue weighted by atomic mass is 9.96. The summed E-state index contributed by atoms with van der Waals surface area (Å²) in [5.74, 6) is -0.833. The van der Waals surface area contributed by atoms with E-state index in [2.05, 4.69) is 5.32 Å². The van der Waals surface area contributed by atoms with Gasteiger partial charge in [0.2, 0.25) is 5.91 Å². The average molecular weight is 370 g/mol. The van der Waals surface area contributed by atoms with Crippen molar-refractivity contribution in [3.8, 4) is 5.75 Å². The summed E-state index contributed by atoms with van der Waals surface area (Å²) >= 11 is 1.25. The first-order chi connectivity index (χ1) is 11.7. The number of methoxy groups -OCH3 is 1. The van der Waals surface area contributed by atoms with Gasteiger partial charge in [0.15, 0.2) is 5.75 Å². The number of nitrogens with zero attached hydrogens (tertiary/aromatic N) is 1. The van der Waals surface area contributed by atoms with Crippen molar-refractivity contribution in [3.05, 3.63) is 33.9 Å². The predicted octanol–water partition coefficient (Wildman–Crippen LogP) is 2.60. The molecule has 0 spiro atoms. The summed E-state index contributed by atoms with van der Waals surface area (Å²) in [5, 5.41) is 22.8. The number of amides is 1. The molecule has 0 aromatic heterocycles. The van der Waals surface area contributed by atoms with Crippen LogP contribution in [0.3, 0.4) is 0 Å². The molecular weight excluding hydrogens is 348 g/mol. The van der Waals surface area contributed by atoms with Gasteiger partial charge < -0.3 is 15.2 Å². The standard InChI is InChI=1S/C16H22N2O6S/c1-4-7-16(2,15(20)21)17-14(19)10-25-9-11-5-6-13(24-3)12(8-11)18(22)23/h5-6,8H,4,7,9-10H2,1-3H3,(H,17,19)(H,20,21). The van der Waals surface area contributed by atoms with Crippen LogP contribution in [0.5, 0.6) is 5.75 Å². The quantitative estimate of drug-likeness (QED) is 0.480. The van der Waals surface area contributed by atoms with Gasteiger partial charge in [0, 0.05) is 11.8 Å². The highest BCUT2D eigenvalue weighted by atomic mass is 32.2. The molecule has 0 saturated carbocycles. The van der Waals surface area contributed by atoms with E-state index in [1.165, 1.54) is 37.9 Å². The minimum Gasteiger partial charge on any atom is -0.490 e. The molecule has 1 aromatic carbocycles. The van der Waals surface area contributed by atoms with Crippen molar-refractivity contribution in [3.63, 3.8) is 0 Å². The van der Waals surface area contributed by atoms with Crippen LogP contribution in [0.1, 0.15) is 32.3 Å². The van der Waals surface area contributed by atoms with E-state index >= 15 is 0 Å². The van der Waals surface area contributed by atoms with Crippen molar-refractivity contribution in [2.24, 2.45) is 0 Å². The molecule has 0 saturated heterocycles. The van der Waals surface area contributed by atoms with Crippen LogP contribution in [0, 0.1) is 10.1 Å². The molecule has 1 atom stereocenters. The van der Waals surface area contributed by atoms with E-state index in [-0.39, 0.29) is 23.1 Å². The molecule has 1 amide bonds. The van der Waals surface area contributed by atoms with Crippen molar-refractivity contribution in [1.82, 2.24) is 5.32 Å². The lowest BCUT2D eigenvalue weighted by molar-refractivity contribution is -0.385. The van der Waals surface area contributed by atoms with Gasteiger partial charge in [-0.2, -0.15) is 0 Å². The topological polar surface area (TPSA) is 119 Å². The van der Waals surface area contributed by atoms with Gasteiger partial charge in [-0.1, -0.05) is 19.4 Å². The zero-order valence-corrected chi connectivity index (χ0v) is 15.2. The normalized spacial score (nSPS) is 12.9. The van der Waals surface area contributed by atoms with E-state index < -0.39 is 16.4 Å². The van der Waals surface area contributed by atoms with Gasteiger partial charge in [-0.15, -0.1) is 11.8 Å². The number of nitro benzene ring substituents is 1. The van der Waals surface area contributed by atoms with Crippen molar-refractivity contribution in [1.29, 1.82) is 0 Å². The Labute approximate surface area is 150 Å². The highest BCUT2D eigenvalue weighted by Crippen LogP contribution is 2.29. The maximum atomic E-state index is 12.0. The monoisotopic (exact) mass is 370 g/mol. The molecule has 1 aromatic rings. The highest BCUT2D eigenvalue weighted by molar-refractivity contribution is 7.99. The summed E-state index contributed by atoms with van der Waals surface area (Å²) in [6.07, 6.45) is 0.967. The molecule has 9 heteroatoms. The minimum atomic E-state index is -1.29. The number of carbonyl (C=O) groups excluding carboxylic acids is 1. The van der Waals surface area contributed by atoms with E-state index in [1.807, 2.05) is 6.92 Å². The van der Waals surface area contributed by atoms with Crippen LogP contribution in [0.25, 0.3) is 0 Å². The number of carbonyl (C=O) groups is 2. The second-order valence-electron chi connectivity index (χ2n) is 5.69. The van der Waals surface area contributed by atoms with Gasteiger partial charge in [0.25, 0.3) is 0 Å². The van der Waals surface area contributed by atoms with Gasteiger partial charge in [-0.25, -0.2) is 4.79 Å². The third-order valence-electron chi connectivity index (χ3n) is 3.58. The number of hydrogen-bond donors (Lipinski definition) is 2. The molecule has 0 fully saturated rings. The lowest BCUT2D eigenvalue weighted by Crippen LogP contribution is -2.52. The molecule has 0 bridgehead atoms. The van der Waals surface area contributed by atoms with Crippen LogP contribution in [-0.4, -0.2) is 40.3 Å². The SMILES string of the molecule is CCCC(C)(NC(=O)CSCc1ccc(OC)c([N+](=O)[O-])c1)C(=O)O. The molecule has 1 unspecified atom stereocenters. The largest absolute Gasteiger partial charge is 0.490 e. The van der Waals surface area contributed by atoms with E-state index in [9.17, 15) is 24.8 Å². The molecule has 0 aliphatic carbocycles. The number of carboxylic acid groups (broad SMARTS) is 1. The van der Waals surface area contributed by atoms with Crippen LogP contribution in [0.4, 0.5) is 5.69 Å². The summed E-state index contributed by atoms with van der Waals surface area (Å²) < 4.78 is 4.94. The van der Waals surface area contributed by atoms with Crippen LogP contribution >= 0.6 is 11.8 Å². The Balaban J connectivity index is 2.62. The number of rotatable bonds is 10. The fraction of sp³-hybridized carbons (Fsp3) is 0.500. The average Bonchev–Trinajstić information content (AvgIpc) is 2.54. The molecule has 0 radical (unpaired) electrons. The Hall–Kier alpha value is -2.29. The van der Waals surface area contributed by atoms with Crippen LogP contribution < -0.4 is 10.1 Å². The van der Waals surface area contributed by atoms with Crippen molar-refractivity contribution in [2.45, 2.75) is 38.0 Å². The third-order valence-corrected chi connectivity index (χ3v) is 4.58. The Morgan fingerprint density at radius 2 is 2.12 bits per heavy atom. The Kier molecular flexibility index (Phi) is 7.69. The Bertz CT molecular complexity index is 652. The number of nitrogens with one attached hydrogen (secondary N) is 1. The lowest BCUT2D eigenvalue weighted by Gasteiger charge is -2.25. The van der Waals surface area contributed by atoms with Crippen LogP contribution in [-0.2, 0) is 15.3 Å². The molecule has 0 heterocycles. The summed E-state index contributed by atoms with van der Waals surface area (Å²) in [6.45, 7) is 3.33. The predicted molar refractivity (Wildman–Crippen MR) is 94.9 cm³/mol. The molecule has 0 aliphatic rings. The Morgan fingerprint density at radius 1 is 1.44 bits per heavy atom. The second-order valence-corrected chi connectivity index (χ2v) is 6.68. The number of benzene rings is 1. The molecule has 2 N–H and O–H groups in total. The number of aliphatic carboxylic acids is 1. The third kappa shape index (κ3) is 5.93. The maximum Gasteiger partial charge on any atom is 0.329 e. The smallest absolute Gasteiger partial charge is 0.329 e. The molecule has 0 aliphatic heterocycles. The van der Waals surface area contributed by atoms with Crippen LogP contribution in [0.2, 0.25) is 0 Å². The number of ether oxygens (including phenoxy) is 1. The summed E-state index contributed by atoms with van der Waals surface area (Å²) in [7, 11) is 1.36. The zero-order chi connectivity index (χ0) is 19.0. The van der Waals surface area contributed by atoms with Gasteiger partial charge in [-0.05, 0) is 25.0 Å². The van der Waals surface area contributed by atoms with Gasteiger partial charge in [0.05, 0.1) is 17.8 Å². The van der Waals surface area contributed by atoms with Crippen molar-refractivity contribution >= 4 is 29.3 Å². The molecule has 1 rings (SSSR count). The Morgan fingerprint density at radius 3 is 2.64 bits per heavy atom. The first-order valence-electron chi connectivity index (χ1n) is 7.67. The number of carboxylic acids is 1. The maximum absolute atomic E-state index is 12.0. The zero-order valence-electron chi connectivity index (χ0n) is 14.4. The number of nitro groups is 1. The minimum absolute atomic E-state index is 0.0619. The fourth-order valence-electron chi connectivity index (χ4n) is 2.30. The molecule has 138 valence electrons. The van der Waals surface area contributed by atoms with E-state index in [4.69, 9.17) is 4.74 Å². The molecule has 25 heavy (non-hydrogen) atoms. The van der Waals surface area contributed by atoms with Crippen molar-refractivity contribution < 1.29 is 24.4 Å². The van der Waals surface area contributed by atoms with Gasteiger partial charge >= 0.3 is 11.7 Å². The first kappa shape index (κ1) is 20.8. The summed E-state index contributed by atoms with van der Waals surface area (Å²) in [5.41, 5.74) is -0.739. The molecule has 8 nitrogen and oxygen atoms in total. The van der Waals surface area contributed by atoms with Crippen LogP contribution in [0.15, 0.2) is 18.2 Å². The summed E-state index contributed by atoms with van der Waals surface area (Å²) in [4.78, 5) is 33.8. The van der Waals surface area contributed by atoms with Gasteiger partial charge in [0.1, 0.15) is 5.54 Å². The number of thioether (sulfide) groups is 1. The van der Waals surface area contributed by atoms with Gasteiger partial charge in [-0.3, -0.25) is 14.9 Å². The summed E-state index contributed by atoms with van der Waals surface area (Å²) in [6, 6.07) is 4.61.